The molecule has 10 nitrogen and oxygen atoms in total. The van der Waals surface area contributed by atoms with Crippen molar-refractivity contribution in [3.63, 3.8) is 0 Å². The van der Waals surface area contributed by atoms with Gasteiger partial charge < -0.3 is 28.2 Å². The lowest BCUT2D eigenvalue weighted by Crippen LogP contribution is -2.65. The van der Waals surface area contributed by atoms with Gasteiger partial charge in [0.1, 0.15) is 5.90 Å². The molecule has 1 amide bonds. The van der Waals surface area contributed by atoms with Gasteiger partial charge in [0.25, 0.3) is 0 Å². The zero-order chi connectivity index (χ0) is 37.9. The zero-order valence-electron chi connectivity index (χ0n) is 32.2. The van der Waals surface area contributed by atoms with Crippen LogP contribution in [0.25, 0.3) is 0 Å². The summed E-state index contributed by atoms with van der Waals surface area (Å²) in [5.74, 6) is -0.600. The third kappa shape index (κ3) is 8.89. The molecule has 0 aromatic heterocycles. The Kier molecular flexibility index (Phi) is 13.2. The fourth-order valence-electron chi connectivity index (χ4n) is 8.64. The minimum absolute atomic E-state index is 0.00573. The molecule has 3 saturated carbocycles. The first kappa shape index (κ1) is 41.1. The lowest BCUT2D eigenvalue weighted by Gasteiger charge is -2.64. The van der Waals surface area contributed by atoms with Gasteiger partial charge in [0.05, 0.1) is 37.5 Å². The van der Waals surface area contributed by atoms with Crippen molar-refractivity contribution in [1.82, 2.24) is 5.32 Å². The van der Waals surface area contributed by atoms with Crippen LogP contribution in [0.4, 0.5) is 0 Å². The molecule has 13 heteroatoms. The van der Waals surface area contributed by atoms with Gasteiger partial charge in [0.15, 0.2) is 5.78 Å². The highest BCUT2D eigenvalue weighted by molar-refractivity contribution is 7.78. The molecule has 52 heavy (non-hydrogen) atoms. The molecule has 2 aromatic rings. The summed E-state index contributed by atoms with van der Waals surface area (Å²) < 4.78 is 57.3. The number of nitrogens with one attached hydrogen (secondary N) is 1. The van der Waals surface area contributed by atoms with Crippen LogP contribution < -0.4 is 10.6 Å². The van der Waals surface area contributed by atoms with Crippen LogP contribution in [0.5, 0.6) is 0 Å². The van der Waals surface area contributed by atoms with E-state index in [1.165, 1.54) is 0 Å². The van der Waals surface area contributed by atoms with Crippen LogP contribution >= 0.6 is 15.0 Å². The summed E-state index contributed by atoms with van der Waals surface area (Å²) in [6.07, 6.45) is 3.11. The Morgan fingerprint density at radius 1 is 0.923 bits per heavy atom. The van der Waals surface area contributed by atoms with E-state index in [1.54, 1.807) is 45.0 Å². The third-order valence-electron chi connectivity index (χ3n) is 11.4. The van der Waals surface area contributed by atoms with Crippen LogP contribution in [-0.2, 0) is 43.2 Å². The first-order valence-electron chi connectivity index (χ1n) is 19.0. The molecule has 0 radical (unpaired) electrons. The lowest BCUT2D eigenvalue weighted by molar-refractivity contribution is -0.199. The van der Waals surface area contributed by atoms with Gasteiger partial charge in [0.2, 0.25) is 13.3 Å². The Hall–Kier alpha value is -2.10. The number of carbonyl (C=O) groups is 2. The average molecular weight is 758 g/mol. The molecule has 4 fully saturated rings. The first-order chi connectivity index (χ1) is 24.6. The van der Waals surface area contributed by atoms with E-state index in [0.717, 1.165) is 18.4 Å². The van der Waals surface area contributed by atoms with Gasteiger partial charge in [-0.1, -0.05) is 70.2 Å². The minimum Gasteiger partial charge on any atom is -0.404 e. The van der Waals surface area contributed by atoms with Crippen molar-refractivity contribution in [2.24, 2.45) is 29.1 Å². The van der Waals surface area contributed by atoms with E-state index < -0.39 is 39.5 Å². The predicted octanol–water partition coefficient (Wildman–Crippen LogP) is 8.08. The average Bonchev–Trinajstić information content (AvgIpc) is 3.45. The van der Waals surface area contributed by atoms with Crippen LogP contribution in [0.1, 0.15) is 97.0 Å². The second-order valence-corrected chi connectivity index (χ2v) is 20.8. The Balaban J connectivity index is 1.34. The van der Waals surface area contributed by atoms with Crippen molar-refractivity contribution in [1.29, 1.82) is 0 Å². The molecule has 4 aliphatic rings. The SMILES string of the molecule is CCOP(=O)(CP(=O)(OCC)c1ccc(C(=O)CC(Cc2ccccc2)C(=O)N[C@@H](CC(C)C)B2OC3CC4C[C@@H](C4(C)C)[C@]3(C)O2)cc1)OCC. The Morgan fingerprint density at radius 3 is 2.13 bits per heavy atom. The fraction of sp³-hybridized carbons (Fsp3) is 0.641. The highest BCUT2D eigenvalue weighted by Crippen LogP contribution is 2.66. The monoisotopic (exact) mass is 757 g/mol. The summed E-state index contributed by atoms with van der Waals surface area (Å²) in [5.41, 5.74) is 1.12. The summed E-state index contributed by atoms with van der Waals surface area (Å²) in [7, 11) is -7.93. The standard InChI is InChI=1S/C39H58BNO9P2/c1-9-46-51(44,26-52(45,47-10-2)48-11-3)32-19-17-29(18-20-32)33(42)23-30(22-28-15-13-12-14-16-28)37(43)41-36(21-27(4)5)40-49-35-25-31-24-34(38(31,6)7)39(35,8)50-40/h12-20,27,30-31,34-36H,9-11,21-26H2,1-8H3,(H,41,43)/t30?,31?,34-,35?,36-,39-,51?/m0/s1. The maximum Gasteiger partial charge on any atom is 0.481 e. The minimum atomic E-state index is -3.70. The molecule has 1 aliphatic heterocycles. The van der Waals surface area contributed by atoms with Crippen LogP contribution in [0.3, 0.4) is 0 Å². The number of hydrogen-bond acceptors (Lipinski definition) is 9. The second kappa shape index (κ2) is 16.7. The van der Waals surface area contributed by atoms with Crippen LogP contribution in [0.15, 0.2) is 54.6 Å². The van der Waals surface area contributed by atoms with Crippen LogP contribution in [0.2, 0.25) is 0 Å². The van der Waals surface area contributed by atoms with Gasteiger partial charge >= 0.3 is 14.7 Å². The Morgan fingerprint density at radius 2 is 1.56 bits per heavy atom. The molecule has 2 aromatic carbocycles. The van der Waals surface area contributed by atoms with Gasteiger partial charge in [-0.25, -0.2) is 0 Å². The third-order valence-corrected chi connectivity index (χ3v) is 17.3. The van der Waals surface area contributed by atoms with Gasteiger partial charge in [-0.15, -0.1) is 0 Å². The molecular weight excluding hydrogens is 699 g/mol. The largest absolute Gasteiger partial charge is 0.481 e. The molecule has 1 heterocycles. The smallest absolute Gasteiger partial charge is 0.404 e. The maximum atomic E-state index is 14.3. The molecular formula is C39H58BNO9P2. The molecule has 1 saturated heterocycles. The van der Waals surface area contributed by atoms with E-state index in [1.807, 2.05) is 30.3 Å². The quantitative estimate of drug-likeness (QED) is 0.0860. The molecule has 3 aliphatic carbocycles. The number of carbonyl (C=O) groups excluding carboxylic acids is 2. The van der Waals surface area contributed by atoms with Crippen molar-refractivity contribution in [2.45, 2.75) is 105 Å². The first-order valence-corrected chi connectivity index (χ1v) is 22.5. The van der Waals surface area contributed by atoms with E-state index in [4.69, 9.17) is 22.9 Å². The normalized spacial score (nSPS) is 25.9. The van der Waals surface area contributed by atoms with Gasteiger partial charge in [0, 0.05) is 23.2 Å². The molecule has 7 atom stereocenters. The van der Waals surface area contributed by atoms with E-state index in [2.05, 4.69) is 39.9 Å². The van der Waals surface area contributed by atoms with Gasteiger partial charge in [-0.2, -0.15) is 0 Å². The summed E-state index contributed by atoms with van der Waals surface area (Å²) >= 11 is 0. The van der Waals surface area contributed by atoms with Crippen molar-refractivity contribution < 1.29 is 41.6 Å². The van der Waals surface area contributed by atoms with Crippen molar-refractivity contribution >= 4 is 39.1 Å². The van der Waals surface area contributed by atoms with E-state index in [9.17, 15) is 18.7 Å². The fourth-order valence-corrected chi connectivity index (χ4v) is 14.1. The predicted molar refractivity (Wildman–Crippen MR) is 205 cm³/mol. The van der Waals surface area contributed by atoms with Crippen molar-refractivity contribution in [3.8, 4) is 0 Å². The van der Waals surface area contributed by atoms with E-state index in [-0.39, 0.29) is 61.3 Å². The van der Waals surface area contributed by atoms with E-state index in [0.29, 0.717) is 35.5 Å². The van der Waals surface area contributed by atoms with Gasteiger partial charge in [-0.05, 0) is 94.2 Å². The topological polar surface area (TPSA) is 126 Å². The molecule has 1 N–H and O–H groups in total. The lowest BCUT2D eigenvalue weighted by atomic mass is 9.43. The number of ketones is 1. The molecule has 286 valence electrons. The number of Topliss-reactive ketones (excluding diaryl/α,β-unsaturated/α-hetero) is 1. The molecule has 2 bridgehead atoms. The molecule has 4 unspecified atom stereocenters. The molecule has 6 rings (SSSR count). The van der Waals surface area contributed by atoms with Crippen LogP contribution in [0, 0.1) is 29.1 Å². The number of rotatable bonds is 19. The summed E-state index contributed by atoms with van der Waals surface area (Å²) in [4.78, 5) is 28.1. The van der Waals surface area contributed by atoms with Gasteiger partial charge in [-0.3, -0.25) is 18.7 Å². The van der Waals surface area contributed by atoms with Crippen molar-refractivity contribution in [2.75, 3.05) is 25.7 Å². The second-order valence-electron chi connectivity index (χ2n) is 15.8. The number of amides is 1. The van der Waals surface area contributed by atoms with E-state index >= 15 is 0 Å². The summed E-state index contributed by atoms with van der Waals surface area (Å²) in [6, 6.07) is 16.0. The highest BCUT2D eigenvalue weighted by atomic mass is 31.2. The number of benzene rings is 2. The summed E-state index contributed by atoms with van der Waals surface area (Å²) in [6.45, 7) is 16.6. The Labute approximate surface area is 310 Å². The zero-order valence-corrected chi connectivity index (χ0v) is 34.0. The summed E-state index contributed by atoms with van der Waals surface area (Å²) in [5, 5.41) is 3.60. The Bertz CT molecular complexity index is 1630. The maximum absolute atomic E-state index is 14.3. The van der Waals surface area contributed by atoms with Crippen LogP contribution in [-0.4, -0.2) is 62.2 Å². The highest BCUT2D eigenvalue weighted by Gasteiger charge is 2.68. The molecule has 0 spiro atoms. The number of hydrogen-bond donors (Lipinski definition) is 1. The van der Waals surface area contributed by atoms with Crippen molar-refractivity contribution in [3.05, 3.63) is 65.7 Å².